The van der Waals surface area contributed by atoms with Gasteiger partial charge in [-0.1, -0.05) is 24.3 Å². The molecule has 0 aromatic heterocycles. The Morgan fingerprint density at radius 2 is 1.29 bits per heavy atom. The summed E-state index contributed by atoms with van der Waals surface area (Å²) in [5.41, 5.74) is 0. The molecular formula is C10H12O4. The molecule has 0 unspecified atom stereocenters. The van der Waals surface area contributed by atoms with E-state index in [-0.39, 0.29) is 24.7 Å². The Morgan fingerprint density at radius 3 is 1.57 bits per heavy atom. The van der Waals surface area contributed by atoms with E-state index in [0.29, 0.717) is 0 Å². The number of allylic oxidation sites excluding steroid dienone is 4. The first-order valence-corrected chi connectivity index (χ1v) is 4.38. The zero-order chi connectivity index (χ0) is 10.6. The molecule has 0 spiro atoms. The Labute approximate surface area is 81.6 Å². The van der Waals surface area contributed by atoms with Crippen LogP contribution < -0.4 is 0 Å². The van der Waals surface area contributed by atoms with Crippen molar-refractivity contribution in [3.63, 3.8) is 0 Å². The molecule has 0 radical (unpaired) electrons. The summed E-state index contributed by atoms with van der Waals surface area (Å²) in [6, 6.07) is 0. The summed E-state index contributed by atoms with van der Waals surface area (Å²) >= 11 is 0. The Bertz CT molecular complexity index is 260. The van der Waals surface area contributed by atoms with Crippen molar-refractivity contribution in [3.05, 3.63) is 24.3 Å². The fraction of sp³-hybridized carbons (Fsp3) is 0.400. The largest absolute Gasteiger partial charge is 0.481 e. The quantitative estimate of drug-likeness (QED) is 0.710. The Balaban J connectivity index is 2.61. The van der Waals surface area contributed by atoms with Crippen molar-refractivity contribution in [1.29, 1.82) is 0 Å². The normalized spacial score (nSPS) is 24.9. The Kier molecular flexibility index (Phi) is 3.45. The molecule has 0 aromatic rings. The molecule has 4 nitrogen and oxygen atoms in total. The van der Waals surface area contributed by atoms with Crippen LogP contribution in [0.1, 0.15) is 12.8 Å². The zero-order valence-corrected chi connectivity index (χ0v) is 7.59. The first kappa shape index (κ1) is 10.5. The molecule has 0 aliphatic heterocycles. The van der Waals surface area contributed by atoms with Crippen LogP contribution in [0.3, 0.4) is 0 Å². The molecule has 0 fully saturated rings. The second kappa shape index (κ2) is 4.60. The standard InChI is InChI=1S/C10H12O4/c11-9(12)5-7-3-1-2-4-8(7)6-10(13)14/h1-4,7-8H,5-6H2,(H,11,12)(H,13,14)/t7-,8+. The molecule has 0 amide bonds. The van der Waals surface area contributed by atoms with Gasteiger partial charge < -0.3 is 10.2 Å². The van der Waals surface area contributed by atoms with Crippen molar-refractivity contribution in [2.75, 3.05) is 0 Å². The lowest BCUT2D eigenvalue weighted by atomic mass is 9.84. The van der Waals surface area contributed by atoms with Gasteiger partial charge in [0.2, 0.25) is 0 Å². The van der Waals surface area contributed by atoms with E-state index in [2.05, 4.69) is 0 Å². The fourth-order valence-electron chi connectivity index (χ4n) is 1.54. The number of rotatable bonds is 4. The van der Waals surface area contributed by atoms with Crippen molar-refractivity contribution in [1.82, 2.24) is 0 Å². The minimum Gasteiger partial charge on any atom is -0.481 e. The number of carbonyl (C=O) groups is 2. The molecule has 1 aliphatic carbocycles. The van der Waals surface area contributed by atoms with Gasteiger partial charge in [0, 0.05) is 0 Å². The van der Waals surface area contributed by atoms with E-state index in [4.69, 9.17) is 10.2 Å². The molecule has 1 aliphatic rings. The summed E-state index contributed by atoms with van der Waals surface area (Å²) in [6.07, 6.45) is 6.99. The van der Waals surface area contributed by atoms with E-state index in [9.17, 15) is 9.59 Å². The number of carboxylic acids is 2. The smallest absolute Gasteiger partial charge is 0.303 e. The SMILES string of the molecule is O=C(O)C[C@H]1C=CC=C[C@H]1CC(=O)O. The molecule has 4 heteroatoms. The molecule has 2 N–H and O–H groups in total. The monoisotopic (exact) mass is 196 g/mol. The van der Waals surface area contributed by atoms with Crippen molar-refractivity contribution in [2.24, 2.45) is 11.8 Å². The van der Waals surface area contributed by atoms with Crippen molar-refractivity contribution >= 4 is 11.9 Å². The summed E-state index contributed by atoms with van der Waals surface area (Å²) < 4.78 is 0. The minimum absolute atomic E-state index is 0.0151. The highest BCUT2D eigenvalue weighted by molar-refractivity contribution is 5.69. The summed E-state index contributed by atoms with van der Waals surface area (Å²) in [4.78, 5) is 21.0. The van der Waals surface area contributed by atoms with Crippen molar-refractivity contribution < 1.29 is 19.8 Å². The number of hydrogen-bond donors (Lipinski definition) is 2. The maximum atomic E-state index is 10.5. The number of carboxylic acid groups (broad SMARTS) is 2. The molecule has 0 saturated carbocycles. The Hall–Kier alpha value is -1.58. The topological polar surface area (TPSA) is 74.6 Å². The molecule has 76 valence electrons. The van der Waals surface area contributed by atoms with Crippen LogP contribution in [0, 0.1) is 11.8 Å². The summed E-state index contributed by atoms with van der Waals surface area (Å²) in [7, 11) is 0. The second-order valence-electron chi connectivity index (χ2n) is 3.29. The number of aliphatic carboxylic acids is 2. The van der Waals surface area contributed by atoms with Crippen LogP contribution in [0.2, 0.25) is 0 Å². The lowest BCUT2D eigenvalue weighted by Gasteiger charge is -2.20. The van der Waals surface area contributed by atoms with Crippen molar-refractivity contribution in [2.45, 2.75) is 12.8 Å². The third kappa shape index (κ3) is 3.05. The maximum Gasteiger partial charge on any atom is 0.303 e. The molecule has 2 atom stereocenters. The van der Waals surface area contributed by atoms with Gasteiger partial charge in [0.05, 0.1) is 12.8 Å². The van der Waals surface area contributed by atoms with E-state index in [1.165, 1.54) is 0 Å². The molecule has 0 aromatic carbocycles. The van der Waals surface area contributed by atoms with E-state index in [1.54, 1.807) is 24.3 Å². The molecule has 0 saturated heterocycles. The Morgan fingerprint density at radius 1 is 0.929 bits per heavy atom. The van der Waals surface area contributed by atoms with Crippen LogP contribution in [-0.4, -0.2) is 22.2 Å². The molecule has 0 heterocycles. The van der Waals surface area contributed by atoms with Gasteiger partial charge in [-0.05, 0) is 11.8 Å². The summed E-state index contributed by atoms with van der Waals surface area (Å²) in [6.45, 7) is 0. The van der Waals surface area contributed by atoms with Crippen LogP contribution in [0.4, 0.5) is 0 Å². The lowest BCUT2D eigenvalue weighted by molar-refractivity contribution is -0.140. The third-order valence-electron chi connectivity index (χ3n) is 2.20. The molecular weight excluding hydrogens is 184 g/mol. The van der Waals surface area contributed by atoms with E-state index < -0.39 is 11.9 Å². The van der Waals surface area contributed by atoms with E-state index >= 15 is 0 Å². The van der Waals surface area contributed by atoms with E-state index in [0.717, 1.165) is 0 Å². The highest BCUT2D eigenvalue weighted by Gasteiger charge is 2.23. The average Bonchev–Trinajstić information content (AvgIpc) is 2.06. The zero-order valence-electron chi connectivity index (χ0n) is 7.59. The van der Waals surface area contributed by atoms with Gasteiger partial charge >= 0.3 is 11.9 Å². The van der Waals surface area contributed by atoms with Gasteiger partial charge in [-0.3, -0.25) is 9.59 Å². The molecule has 14 heavy (non-hydrogen) atoms. The van der Waals surface area contributed by atoms with Gasteiger partial charge in [0.1, 0.15) is 0 Å². The molecule has 1 rings (SSSR count). The predicted octanol–water partition coefficient (Wildman–Crippen LogP) is 1.29. The van der Waals surface area contributed by atoms with Crippen LogP contribution in [0.25, 0.3) is 0 Å². The summed E-state index contributed by atoms with van der Waals surface area (Å²) in [5.74, 6) is -2.20. The highest BCUT2D eigenvalue weighted by Crippen LogP contribution is 2.25. The first-order valence-electron chi connectivity index (χ1n) is 4.38. The van der Waals surface area contributed by atoms with Crippen LogP contribution in [-0.2, 0) is 9.59 Å². The second-order valence-corrected chi connectivity index (χ2v) is 3.29. The fourth-order valence-corrected chi connectivity index (χ4v) is 1.54. The first-order chi connectivity index (χ1) is 6.59. The van der Waals surface area contributed by atoms with Gasteiger partial charge in [0.15, 0.2) is 0 Å². The molecule has 0 bridgehead atoms. The average molecular weight is 196 g/mol. The minimum atomic E-state index is -0.898. The predicted molar refractivity (Wildman–Crippen MR) is 49.8 cm³/mol. The number of hydrogen-bond acceptors (Lipinski definition) is 2. The van der Waals surface area contributed by atoms with Crippen LogP contribution in [0.15, 0.2) is 24.3 Å². The van der Waals surface area contributed by atoms with Gasteiger partial charge in [-0.25, -0.2) is 0 Å². The van der Waals surface area contributed by atoms with Crippen LogP contribution in [0.5, 0.6) is 0 Å². The van der Waals surface area contributed by atoms with Gasteiger partial charge in [-0.2, -0.15) is 0 Å². The van der Waals surface area contributed by atoms with Gasteiger partial charge in [-0.15, -0.1) is 0 Å². The summed E-state index contributed by atoms with van der Waals surface area (Å²) in [5, 5.41) is 17.2. The van der Waals surface area contributed by atoms with Gasteiger partial charge in [0.25, 0.3) is 0 Å². The lowest BCUT2D eigenvalue weighted by Crippen LogP contribution is -2.19. The van der Waals surface area contributed by atoms with Crippen LogP contribution >= 0.6 is 0 Å². The van der Waals surface area contributed by atoms with E-state index in [1.807, 2.05) is 0 Å². The van der Waals surface area contributed by atoms with Crippen molar-refractivity contribution in [3.8, 4) is 0 Å². The maximum absolute atomic E-state index is 10.5. The third-order valence-corrected chi connectivity index (χ3v) is 2.20. The highest BCUT2D eigenvalue weighted by atomic mass is 16.4.